The first kappa shape index (κ1) is 49.4. The minimum Gasteiger partial charge on any atom is -0.462 e. The standard InChI is InChI=1S/C43H66NO8P/c1-3-5-7-9-11-13-15-17-18-19-20-21-22-24-25-27-29-31-33-35-42(45)49-39-41(40-51-53(47,48)50-38-37-44)52-43(46)36-34-32-30-28-26-23-16-14-12-10-8-6-4-2/h5-8,10-14,16-18,20-21,23-26,29,31,41H,3-4,9,15,19,22,27-28,30,32-40,44H2,1-2H3,(H,47,48)/b7-5+,8-6+,12-10+,13-11+,16-14+,18-17+,21-20+,25-24+,26-23+,31-29+. The van der Waals surface area contributed by atoms with E-state index in [-0.39, 0.29) is 32.6 Å². The minimum atomic E-state index is -4.41. The molecule has 0 aromatic carbocycles. The topological polar surface area (TPSA) is 134 Å². The Bertz CT molecular complexity index is 1270. The molecule has 0 saturated carbocycles. The number of phosphoric acid groups is 1. The van der Waals surface area contributed by atoms with Crippen LogP contribution >= 0.6 is 7.82 Å². The zero-order valence-electron chi connectivity index (χ0n) is 32.2. The first-order valence-corrected chi connectivity index (χ1v) is 20.6. The number of hydrogen-bond donors (Lipinski definition) is 2. The molecule has 0 aliphatic rings. The Labute approximate surface area is 320 Å². The van der Waals surface area contributed by atoms with Crippen LogP contribution in [0.15, 0.2) is 122 Å². The SMILES string of the molecule is CC/C=C/C=C/C=C/C=C/CCCCCC(=O)OC(COC(=O)CC/C=C/C/C=C/C/C=C/C/C=C/C/C=C/C/C=C/CC)COP(=O)(O)OCCN. The summed E-state index contributed by atoms with van der Waals surface area (Å²) in [6, 6.07) is 0. The lowest BCUT2D eigenvalue weighted by Crippen LogP contribution is -2.29. The van der Waals surface area contributed by atoms with E-state index in [1.165, 1.54) is 0 Å². The van der Waals surface area contributed by atoms with E-state index < -0.39 is 32.5 Å². The Morgan fingerprint density at radius 2 is 1.11 bits per heavy atom. The molecule has 9 nitrogen and oxygen atoms in total. The first-order valence-electron chi connectivity index (χ1n) is 19.1. The van der Waals surface area contributed by atoms with E-state index in [2.05, 4.69) is 86.8 Å². The average Bonchev–Trinajstić information content (AvgIpc) is 3.14. The molecule has 10 heteroatoms. The Balaban J connectivity index is 4.44. The monoisotopic (exact) mass is 755 g/mol. The summed E-state index contributed by atoms with van der Waals surface area (Å²) in [4.78, 5) is 34.7. The predicted octanol–water partition coefficient (Wildman–Crippen LogP) is 10.6. The van der Waals surface area contributed by atoms with Gasteiger partial charge in [0.2, 0.25) is 0 Å². The molecule has 0 rings (SSSR count). The number of unbranched alkanes of at least 4 members (excludes halogenated alkanes) is 3. The second kappa shape index (κ2) is 38.1. The van der Waals surface area contributed by atoms with Crippen molar-refractivity contribution in [1.82, 2.24) is 0 Å². The van der Waals surface area contributed by atoms with Gasteiger partial charge in [-0.1, -0.05) is 142 Å². The third-order valence-electron chi connectivity index (χ3n) is 6.95. The van der Waals surface area contributed by atoms with Crippen LogP contribution in [-0.4, -0.2) is 49.3 Å². The van der Waals surface area contributed by atoms with Crippen molar-refractivity contribution < 1.29 is 37.6 Å². The molecule has 296 valence electrons. The molecule has 0 amide bonds. The van der Waals surface area contributed by atoms with Crippen molar-refractivity contribution in [2.45, 2.75) is 110 Å². The van der Waals surface area contributed by atoms with Crippen LogP contribution < -0.4 is 5.73 Å². The van der Waals surface area contributed by atoms with Gasteiger partial charge in [0.1, 0.15) is 6.61 Å². The van der Waals surface area contributed by atoms with Crippen LogP contribution in [0, 0.1) is 0 Å². The van der Waals surface area contributed by atoms with Crippen LogP contribution in [0.3, 0.4) is 0 Å². The molecule has 0 aromatic rings. The molecule has 0 bridgehead atoms. The van der Waals surface area contributed by atoms with Crippen molar-refractivity contribution in [2.24, 2.45) is 5.73 Å². The van der Waals surface area contributed by atoms with Gasteiger partial charge in [0.05, 0.1) is 13.2 Å². The van der Waals surface area contributed by atoms with E-state index in [0.29, 0.717) is 12.8 Å². The number of rotatable bonds is 33. The molecular weight excluding hydrogens is 689 g/mol. The fraction of sp³-hybridized carbons (Fsp3) is 0.488. The van der Waals surface area contributed by atoms with E-state index in [1.807, 2.05) is 48.6 Å². The number of phosphoric ester groups is 1. The summed E-state index contributed by atoms with van der Waals surface area (Å²) in [6.07, 6.45) is 51.1. The van der Waals surface area contributed by atoms with Gasteiger partial charge in [0.25, 0.3) is 0 Å². The Morgan fingerprint density at radius 3 is 1.68 bits per heavy atom. The Kier molecular flexibility index (Phi) is 35.6. The van der Waals surface area contributed by atoms with Crippen molar-refractivity contribution in [2.75, 3.05) is 26.4 Å². The van der Waals surface area contributed by atoms with Crippen LogP contribution in [0.2, 0.25) is 0 Å². The molecule has 0 radical (unpaired) electrons. The van der Waals surface area contributed by atoms with Crippen LogP contribution in [-0.2, 0) is 32.7 Å². The molecule has 53 heavy (non-hydrogen) atoms. The smallest absolute Gasteiger partial charge is 0.462 e. The van der Waals surface area contributed by atoms with Gasteiger partial charge in [-0.15, -0.1) is 0 Å². The van der Waals surface area contributed by atoms with Gasteiger partial charge in [-0.25, -0.2) is 4.57 Å². The first-order chi connectivity index (χ1) is 25.8. The van der Waals surface area contributed by atoms with Gasteiger partial charge in [-0.3, -0.25) is 18.6 Å². The summed E-state index contributed by atoms with van der Waals surface area (Å²) >= 11 is 0. The molecule has 0 spiro atoms. The molecule has 0 aliphatic heterocycles. The summed E-state index contributed by atoms with van der Waals surface area (Å²) in [7, 11) is -4.41. The van der Waals surface area contributed by atoms with Gasteiger partial charge < -0.3 is 20.1 Å². The maximum Gasteiger partial charge on any atom is 0.472 e. The summed E-state index contributed by atoms with van der Waals surface area (Å²) < 4.78 is 32.5. The second-order valence-corrected chi connectivity index (χ2v) is 13.2. The summed E-state index contributed by atoms with van der Waals surface area (Å²) in [5.74, 6) is -0.991. The van der Waals surface area contributed by atoms with E-state index in [9.17, 15) is 19.0 Å². The van der Waals surface area contributed by atoms with E-state index >= 15 is 0 Å². The van der Waals surface area contributed by atoms with E-state index in [0.717, 1.165) is 64.2 Å². The molecule has 0 aliphatic carbocycles. The highest BCUT2D eigenvalue weighted by molar-refractivity contribution is 7.47. The summed E-state index contributed by atoms with van der Waals surface area (Å²) in [6.45, 7) is 3.29. The van der Waals surface area contributed by atoms with E-state index in [1.54, 1.807) is 0 Å². The van der Waals surface area contributed by atoms with Gasteiger partial charge in [0.15, 0.2) is 6.10 Å². The molecule has 0 heterocycles. The Hall–Kier alpha value is -3.59. The number of ether oxygens (including phenoxy) is 2. The second-order valence-electron chi connectivity index (χ2n) is 11.8. The lowest BCUT2D eigenvalue weighted by Gasteiger charge is -2.19. The van der Waals surface area contributed by atoms with Crippen LogP contribution in [0.4, 0.5) is 0 Å². The lowest BCUT2D eigenvalue weighted by molar-refractivity contribution is -0.161. The zero-order valence-corrected chi connectivity index (χ0v) is 33.1. The molecule has 0 fully saturated rings. The van der Waals surface area contributed by atoms with Crippen molar-refractivity contribution in [3.05, 3.63) is 122 Å². The third-order valence-corrected chi connectivity index (χ3v) is 7.94. The van der Waals surface area contributed by atoms with Crippen molar-refractivity contribution in [3.8, 4) is 0 Å². The maximum absolute atomic E-state index is 12.5. The highest BCUT2D eigenvalue weighted by Gasteiger charge is 2.25. The number of esters is 2. The van der Waals surface area contributed by atoms with Gasteiger partial charge in [-0.2, -0.15) is 0 Å². The normalized spacial score (nSPS) is 14.7. The van der Waals surface area contributed by atoms with Crippen LogP contribution in [0.5, 0.6) is 0 Å². The van der Waals surface area contributed by atoms with Crippen LogP contribution in [0.25, 0.3) is 0 Å². The number of carbonyl (C=O) groups is 2. The average molecular weight is 756 g/mol. The third kappa shape index (κ3) is 38.0. The number of nitrogens with two attached hydrogens (primary N) is 1. The largest absolute Gasteiger partial charge is 0.472 e. The van der Waals surface area contributed by atoms with Gasteiger partial charge in [0, 0.05) is 19.4 Å². The fourth-order valence-electron chi connectivity index (χ4n) is 4.20. The Morgan fingerprint density at radius 1 is 0.585 bits per heavy atom. The number of carbonyl (C=O) groups excluding carboxylic acids is 2. The molecule has 2 atom stereocenters. The molecular formula is C43H66NO8P. The maximum atomic E-state index is 12.5. The highest BCUT2D eigenvalue weighted by atomic mass is 31.2. The van der Waals surface area contributed by atoms with Crippen molar-refractivity contribution in [3.63, 3.8) is 0 Å². The van der Waals surface area contributed by atoms with Gasteiger partial charge >= 0.3 is 19.8 Å². The molecule has 3 N–H and O–H groups in total. The van der Waals surface area contributed by atoms with E-state index in [4.69, 9.17) is 24.3 Å². The summed E-state index contributed by atoms with van der Waals surface area (Å²) in [5, 5.41) is 0. The molecule has 0 saturated heterocycles. The van der Waals surface area contributed by atoms with Crippen LogP contribution in [0.1, 0.15) is 104 Å². The number of hydrogen-bond acceptors (Lipinski definition) is 8. The molecule has 0 aromatic heterocycles. The summed E-state index contributed by atoms with van der Waals surface area (Å²) in [5.41, 5.74) is 5.32. The van der Waals surface area contributed by atoms with Crippen molar-refractivity contribution in [1.29, 1.82) is 0 Å². The van der Waals surface area contributed by atoms with Gasteiger partial charge in [-0.05, 0) is 70.6 Å². The lowest BCUT2D eigenvalue weighted by atomic mass is 10.1. The minimum absolute atomic E-state index is 0.0292. The zero-order chi connectivity index (χ0) is 38.9. The molecule has 2 unspecified atom stereocenters. The van der Waals surface area contributed by atoms with Crippen molar-refractivity contribution >= 4 is 19.8 Å². The highest BCUT2D eigenvalue weighted by Crippen LogP contribution is 2.43. The predicted molar refractivity (Wildman–Crippen MR) is 219 cm³/mol. The fourth-order valence-corrected chi connectivity index (χ4v) is 4.96. The quantitative estimate of drug-likeness (QED) is 0.0221. The number of allylic oxidation sites excluding steroid dienone is 20.